The first-order chi connectivity index (χ1) is 16.1. The fraction of sp³-hybridized carbons (Fsp3) is 0.375. The van der Waals surface area contributed by atoms with E-state index in [0.29, 0.717) is 36.8 Å². The van der Waals surface area contributed by atoms with Crippen LogP contribution in [0.25, 0.3) is 0 Å². The Bertz CT molecular complexity index is 1090. The highest BCUT2D eigenvalue weighted by atomic mass is 32.1. The third-order valence-corrected chi connectivity index (χ3v) is 6.46. The van der Waals surface area contributed by atoms with Crippen LogP contribution in [0.4, 0.5) is 15.6 Å². The molecule has 33 heavy (non-hydrogen) atoms. The predicted octanol–water partition coefficient (Wildman–Crippen LogP) is 4.20. The number of anilines is 2. The van der Waals surface area contributed by atoms with Crippen LogP contribution < -0.4 is 19.7 Å². The van der Waals surface area contributed by atoms with E-state index in [1.165, 1.54) is 22.7 Å². The van der Waals surface area contributed by atoms with Gasteiger partial charge in [-0.25, -0.2) is 9.78 Å². The summed E-state index contributed by atoms with van der Waals surface area (Å²) in [4.78, 5) is 21.7. The zero-order chi connectivity index (χ0) is 23.2. The van der Waals surface area contributed by atoms with Gasteiger partial charge in [-0.15, -0.1) is 0 Å². The maximum absolute atomic E-state index is 12.9. The van der Waals surface area contributed by atoms with Gasteiger partial charge >= 0.3 is 6.03 Å². The summed E-state index contributed by atoms with van der Waals surface area (Å²) in [5.74, 6) is 2.08. The Balaban J connectivity index is 1.35. The predicted molar refractivity (Wildman–Crippen MR) is 131 cm³/mol. The monoisotopic (exact) mass is 467 g/mol. The minimum Gasteiger partial charge on any atom is -0.497 e. The number of urea groups is 1. The van der Waals surface area contributed by atoms with Gasteiger partial charge in [-0.05, 0) is 31.0 Å². The van der Waals surface area contributed by atoms with Gasteiger partial charge in [0.15, 0.2) is 0 Å². The topological polar surface area (TPSA) is 79.8 Å². The standard InChI is InChI=1S/C24H29N5O3S/c1-17-5-7-18(8-6-17)15-22-26-24(33-27-22)29-12-4-11-28(13-14-29)23(30)25-20-10-9-19(31-2)16-21(20)32-3/h5-10,16H,4,11-15H2,1-3H3,(H,25,30). The lowest BCUT2D eigenvalue weighted by atomic mass is 10.1. The van der Waals surface area contributed by atoms with Crippen LogP contribution in [0.15, 0.2) is 42.5 Å². The van der Waals surface area contributed by atoms with Crippen molar-refractivity contribution in [2.45, 2.75) is 19.8 Å². The highest BCUT2D eigenvalue weighted by molar-refractivity contribution is 7.09. The van der Waals surface area contributed by atoms with Gasteiger partial charge in [0.05, 0.1) is 19.9 Å². The number of benzene rings is 2. The minimum atomic E-state index is -0.141. The Labute approximate surface area is 198 Å². The number of carbonyl (C=O) groups excluding carboxylic acids is 1. The van der Waals surface area contributed by atoms with Crippen LogP contribution in [0, 0.1) is 6.92 Å². The van der Waals surface area contributed by atoms with E-state index in [1.807, 2.05) is 4.90 Å². The molecule has 174 valence electrons. The molecule has 0 unspecified atom stereocenters. The smallest absolute Gasteiger partial charge is 0.322 e. The van der Waals surface area contributed by atoms with Gasteiger partial charge in [-0.1, -0.05) is 29.8 Å². The minimum absolute atomic E-state index is 0.141. The highest BCUT2D eigenvalue weighted by Crippen LogP contribution is 2.29. The van der Waals surface area contributed by atoms with Crippen LogP contribution in [-0.4, -0.2) is 60.7 Å². The molecular weight excluding hydrogens is 438 g/mol. The second-order valence-electron chi connectivity index (χ2n) is 7.98. The number of hydrogen-bond donors (Lipinski definition) is 1. The second kappa shape index (κ2) is 10.5. The summed E-state index contributed by atoms with van der Waals surface area (Å²) in [5, 5.41) is 3.88. The summed E-state index contributed by atoms with van der Waals surface area (Å²) < 4.78 is 15.2. The van der Waals surface area contributed by atoms with Crippen molar-refractivity contribution in [2.75, 3.05) is 50.6 Å². The molecule has 3 aromatic rings. The molecule has 0 saturated carbocycles. The molecule has 0 aliphatic carbocycles. The van der Waals surface area contributed by atoms with Crippen LogP contribution in [0.1, 0.15) is 23.4 Å². The van der Waals surface area contributed by atoms with Crippen LogP contribution in [0.2, 0.25) is 0 Å². The van der Waals surface area contributed by atoms with Crippen molar-refractivity contribution in [3.63, 3.8) is 0 Å². The van der Waals surface area contributed by atoms with Crippen LogP contribution in [0.3, 0.4) is 0 Å². The van der Waals surface area contributed by atoms with E-state index in [4.69, 9.17) is 14.5 Å². The summed E-state index contributed by atoms with van der Waals surface area (Å²) >= 11 is 1.43. The number of methoxy groups -OCH3 is 2. The first kappa shape index (κ1) is 22.8. The Hall–Kier alpha value is -3.33. The maximum Gasteiger partial charge on any atom is 0.322 e. The van der Waals surface area contributed by atoms with Crippen molar-refractivity contribution in [1.82, 2.24) is 14.3 Å². The molecular formula is C24H29N5O3S. The van der Waals surface area contributed by atoms with E-state index in [2.05, 4.69) is 45.8 Å². The van der Waals surface area contributed by atoms with Gasteiger partial charge in [-0.2, -0.15) is 4.37 Å². The summed E-state index contributed by atoms with van der Waals surface area (Å²) in [6.45, 7) is 4.92. The van der Waals surface area contributed by atoms with Crippen LogP contribution >= 0.6 is 11.5 Å². The van der Waals surface area contributed by atoms with Gasteiger partial charge < -0.3 is 24.6 Å². The number of rotatable bonds is 6. The molecule has 4 rings (SSSR count). The van der Waals surface area contributed by atoms with Gasteiger partial charge in [0.25, 0.3) is 0 Å². The summed E-state index contributed by atoms with van der Waals surface area (Å²) in [6.07, 6.45) is 1.59. The lowest BCUT2D eigenvalue weighted by molar-refractivity contribution is 0.215. The lowest BCUT2D eigenvalue weighted by Gasteiger charge is -2.22. The summed E-state index contributed by atoms with van der Waals surface area (Å²) in [5.41, 5.74) is 3.07. The van der Waals surface area contributed by atoms with Crippen molar-refractivity contribution >= 4 is 28.4 Å². The molecule has 1 aliphatic heterocycles. The Morgan fingerprint density at radius 3 is 2.64 bits per heavy atom. The first-order valence-corrected chi connectivity index (χ1v) is 11.7. The first-order valence-electron chi connectivity index (χ1n) is 11.0. The Kier molecular flexibility index (Phi) is 7.29. The van der Waals surface area contributed by atoms with Gasteiger partial charge in [0, 0.05) is 50.2 Å². The number of nitrogens with zero attached hydrogens (tertiary/aromatic N) is 4. The molecule has 0 atom stereocenters. The second-order valence-corrected chi connectivity index (χ2v) is 8.71. The van der Waals surface area contributed by atoms with E-state index in [9.17, 15) is 4.79 Å². The summed E-state index contributed by atoms with van der Waals surface area (Å²) in [6, 6.07) is 13.7. The molecule has 1 aromatic heterocycles. The van der Waals surface area contributed by atoms with E-state index in [1.54, 1.807) is 32.4 Å². The normalized spacial score (nSPS) is 14.0. The van der Waals surface area contributed by atoms with E-state index >= 15 is 0 Å². The number of carbonyl (C=O) groups is 1. The number of aromatic nitrogens is 2. The number of nitrogens with one attached hydrogen (secondary N) is 1. The SMILES string of the molecule is COc1ccc(NC(=O)N2CCCN(c3nc(Cc4ccc(C)cc4)ns3)CC2)c(OC)c1. The largest absolute Gasteiger partial charge is 0.497 e. The van der Waals surface area contributed by atoms with Gasteiger partial charge in [-0.3, -0.25) is 0 Å². The molecule has 2 amide bonds. The number of hydrogen-bond acceptors (Lipinski definition) is 7. The zero-order valence-electron chi connectivity index (χ0n) is 19.2. The number of aryl methyl sites for hydroxylation is 1. The Morgan fingerprint density at radius 2 is 1.88 bits per heavy atom. The average molecular weight is 468 g/mol. The molecule has 8 nitrogen and oxygen atoms in total. The van der Waals surface area contributed by atoms with Crippen molar-refractivity contribution < 1.29 is 14.3 Å². The molecule has 0 spiro atoms. The third-order valence-electron chi connectivity index (χ3n) is 5.64. The fourth-order valence-electron chi connectivity index (χ4n) is 3.74. The molecule has 1 fully saturated rings. The molecule has 9 heteroatoms. The van der Waals surface area contributed by atoms with Crippen LogP contribution in [-0.2, 0) is 6.42 Å². The molecule has 2 aromatic carbocycles. The molecule has 1 saturated heterocycles. The average Bonchev–Trinajstić information content (AvgIpc) is 3.15. The molecule has 0 bridgehead atoms. The van der Waals surface area contributed by atoms with E-state index in [0.717, 1.165) is 30.3 Å². The lowest BCUT2D eigenvalue weighted by Crippen LogP contribution is -2.38. The fourth-order valence-corrected chi connectivity index (χ4v) is 4.48. The molecule has 2 heterocycles. The van der Waals surface area contributed by atoms with Gasteiger partial charge in [0.2, 0.25) is 5.13 Å². The van der Waals surface area contributed by atoms with Crippen molar-refractivity contribution in [3.05, 3.63) is 59.4 Å². The summed E-state index contributed by atoms with van der Waals surface area (Å²) in [7, 11) is 3.17. The van der Waals surface area contributed by atoms with Crippen molar-refractivity contribution in [3.8, 4) is 11.5 Å². The Morgan fingerprint density at radius 1 is 1.06 bits per heavy atom. The molecule has 1 N–H and O–H groups in total. The quantitative estimate of drug-likeness (QED) is 0.585. The van der Waals surface area contributed by atoms with Crippen molar-refractivity contribution in [2.24, 2.45) is 0 Å². The molecule has 0 radical (unpaired) electrons. The van der Waals surface area contributed by atoms with Crippen molar-refractivity contribution in [1.29, 1.82) is 0 Å². The van der Waals surface area contributed by atoms with Gasteiger partial charge in [0.1, 0.15) is 17.3 Å². The van der Waals surface area contributed by atoms with E-state index in [-0.39, 0.29) is 6.03 Å². The highest BCUT2D eigenvalue weighted by Gasteiger charge is 2.22. The molecule has 1 aliphatic rings. The van der Waals surface area contributed by atoms with E-state index < -0.39 is 0 Å². The number of ether oxygens (including phenoxy) is 2. The number of amides is 2. The third kappa shape index (κ3) is 5.73. The zero-order valence-corrected chi connectivity index (χ0v) is 20.0. The maximum atomic E-state index is 12.9. The van der Waals surface area contributed by atoms with Crippen LogP contribution in [0.5, 0.6) is 11.5 Å².